The van der Waals surface area contributed by atoms with Crippen LogP contribution in [-0.2, 0) is 28.9 Å². The van der Waals surface area contributed by atoms with Crippen molar-refractivity contribution in [2.24, 2.45) is 5.92 Å². The van der Waals surface area contributed by atoms with Crippen molar-refractivity contribution in [3.05, 3.63) is 46.5 Å². The number of amides is 1. The topological polar surface area (TPSA) is 60.2 Å². The molecule has 3 aromatic rings. The van der Waals surface area contributed by atoms with Gasteiger partial charge in [-0.1, -0.05) is 6.07 Å². The van der Waals surface area contributed by atoms with Gasteiger partial charge in [-0.25, -0.2) is 9.97 Å². The fourth-order valence-corrected chi connectivity index (χ4v) is 4.43. The second-order valence-corrected chi connectivity index (χ2v) is 8.01. The predicted octanol–water partition coefficient (Wildman–Crippen LogP) is 2.77. The van der Waals surface area contributed by atoms with Crippen LogP contribution in [0, 0.1) is 5.92 Å². The quantitative estimate of drug-likeness (QED) is 0.628. The number of carbonyl (C=O) groups excluding carboxylic acids is 1. The van der Waals surface area contributed by atoms with E-state index in [-0.39, 0.29) is 5.91 Å². The minimum Gasteiger partial charge on any atom is -0.383 e. The van der Waals surface area contributed by atoms with E-state index < -0.39 is 0 Å². The number of nitrogens with zero attached hydrogens (tertiary/aromatic N) is 4. The Bertz CT molecular complexity index is 906. The first kappa shape index (κ1) is 18.1. The Balaban J connectivity index is 1.44. The average molecular weight is 385 g/mol. The first-order valence-corrected chi connectivity index (χ1v) is 10.2. The lowest BCUT2D eigenvalue weighted by Gasteiger charge is -2.16. The van der Waals surface area contributed by atoms with E-state index in [4.69, 9.17) is 9.72 Å². The SMILES string of the molecule is COCCn1c(CC2CCN(C(=O)Cc3cccs3)C2)nc2cccnc21. The molecule has 0 radical (unpaired) electrons. The molecule has 3 aromatic heterocycles. The molecule has 0 bridgehead atoms. The van der Waals surface area contributed by atoms with Crippen molar-refractivity contribution in [1.29, 1.82) is 0 Å². The Morgan fingerprint density at radius 2 is 2.30 bits per heavy atom. The van der Waals surface area contributed by atoms with Crippen molar-refractivity contribution in [3.8, 4) is 0 Å². The number of likely N-dealkylation sites (tertiary alicyclic amines) is 1. The fourth-order valence-electron chi connectivity index (χ4n) is 3.74. The lowest BCUT2D eigenvalue weighted by Crippen LogP contribution is -2.30. The van der Waals surface area contributed by atoms with E-state index >= 15 is 0 Å². The Labute approximate surface area is 162 Å². The zero-order chi connectivity index (χ0) is 18.6. The second kappa shape index (κ2) is 8.19. The minimum atomic E-state index is 0.231. The lowest BCUT2D eigenvalue weighted by atomic mass is 10.0. The number of hydrogen-bond acceptors (Lipinski definition) is 5. The molecule has 1 aliphatic rings. The third-order valence-electron chi connectivity index (χ3n) is 5.12. The van der Waals surface area contributed by atoms with Gasteiger partial charge in [0.1, 0.15) is 11.3 Å². The first-order chi connectivity index (χ1) is 13.2. The van der Waals surface area contributed by atoms with Gasteiger partial charge in [0.05, 0.1) is 13.0 Å². The maximum atomic E-state index is 12.5. The zero-order valence-corrected chi connectivity index (χ0v) is 16.3. The highest BCUT2D eigenvalue weighted by Gasteiger charge is 2.28. The highest BCUT2D eigenvalue weighted by Crippen LogP contribution is 2.24. The molecule has 4 rings (SSSR count). The summed E-state index contributed by atoms with van der Waals surface area (Å²) >= 11 is 1.65. The molecule has 1 saturated heterocycles. The van der Waals surface area contributed by atoms with E-state index in [1.165, 1.54) is 0 Å². The number of rotatable bonds is 7. The largest absolute Gasteiger partial charge is 0.383 e. The average Bonchev–Trinajstić information content (AvgIpc) is 3.40. The standard InChI is InChI=1S/C20H24N4O2S/c1-26-10-9-24-18(22-17-5-2-7-21-20(17)24)12-15-6-8-23(14-15)19(25)13-16-4-3-11-27-16/h2-5,7,11,15H,6,8-10,12-14H2,1H3. The number of methoxy groups -OCH3 is 1. The molecule has 0 N–H and O–H groups in total. The molecule has 6 nitrogen and oxygen atoms in total. The Hall–Kier alpha value is -2.25. The van der Waals surface area contributed by atoms with E-state index in [9.17, 15) is 4.79 Å². The molecule has 142 valence electrons. The number of thiophene rings is 1. The number of imidazole rings is 1. The van der Waals surface area contributed by atoms with Gasteiger partial charge in [0.25, 0.3) is 0 Å². The van der Waals surface area contributed by atoms with Crippen LogP contribution in [0.2, 0.25) is 0 Å². The van der Waals surface area contributed by atoms with Crippen LogP contribution >= 0.6 is 11.3 Å². The summed E-state index contributed by atoms with van der Waals surface area (Å²) in [5, 5.41) is 2.02. The number of hydrogen-bond donors (Lipinski definition) is 0. The molecule has 0 aromatic carbocycles. The van der Waals surface area contributed by atoms with Crippen LogP contribution in [-0.4, -0.2) is 52.1 Å². The molecule has 1 aliphatic heterocycles. The molecule has 1 fully saturated rings. The summed E-state index contributed by atoms with van der Waals surface area (Å²) < 4.78 is 7.42. The van der Waals surface area contributed by atoms with Crippen LogP contribution in [0.1, 0.15) is 17.1 Å². The summed E-state index contributed by atoms with van der Waals surface area (Å²) in [6.45, 7) is 3.02. The van der Waals surface area contributed by atoms with Crippen LogP contribution in [0.5, 0.6) is 0 Å². The highest BCUT2D eigenvalue weighted by atomic mass is 32.1. The van der Waals surface area contributed by atoms with Crippen LogP contribution in [0.3, 0.4) is 0 Å². The minimum absolute atomic E-state index is 0.231. The van der Waals surface area contributed by atoms with E-state index in [1.807, 2.05) is 34.5 Å². The van der Waals surface area contributed by atoms with Crippen LogP contribution < -0.4 is 0 Å². The maximum absolute atomic E-state index is 12.5. The molecule has 1 unspecified atom stereocenters. The summed E-state index contributed by atoms with van der Waals surface area (Å²) in [6, 6.07) is 7.95. The van der Waals surface area contributed by atoms with Crippen molar-refractivity contribution in [1.82, 2.24) is 19.4 Å². The van der Waals surface area contributed by atoms with Gasteiger partial charge in [-0.3, -0.25) is 4.79 Å². The van der Waals surface area contributed by atoms with Crippen LogP contribution in [0.15, 0.2) is 35.8 Å². The van der Waals surface area contributed by atoms with Gasteiger partial charge in [0.2, 0.25) is 5.91 Å². The van der Waals surface area contributed by atoms with Gasteiger partial charge in [-0.15, -0.1) is 11.3 Å². The molecule has 27 heavy (non-hydrogen) atoms. The summed E-state index contributed by atoms with van der Waals surface area (Å²) in [5.41, 5.74) is 1.83. The summed E-state index contributed by atoms with van der Waals surface area (Å²) in [4.78, 5) is 25.0. The molecule has 0 aliphatic carbocycles. The van der Waals surface area contributed by atoms with E-state index in [2.05, 4.69) is 9.55 Å². The van der Waals surface area contributed by atoms with Crippen molar-refractivity contribution in [2.45, 2.75) is 25.8 Å². The Morgan fingerprint density at radius 3 is 3.11 bits per heavy atom. The lowest BCUT2D eigenvalue weighted by molar-refractivity contribution is -0.129. The summed E-state index contributed by atoms with van der Waals surface area (Å²) in [7, 11) is 1.71. The number of ether oxygens (including phenoxy) is 1. The van der Waals surface area contributed by atoms with E-state index in [0.717, 1.165) is 54.3 Å². The molecular formula is C20H24N4O2S. The van der Waals surface area contributed by atoms with Gasteiger partial charge in [0.15, 0.2) is 5.65 Å². The molecular weight excluding hydrogens is 360 g/mol. The third kappa shape index (κ3) is 4.04. The zero-order valence-electron chi connectivity index (χ0n) is 15.5. The van der Waals surface area contributed by atoms with Crippen molar-refractivity contribution >= 4 is 28.4 Å². The Kier molecular flexibility index (Phi) is 5.50. The Morgan fingerprint density at radius 1 is 1.37 bits per heavy atom. The van der Waals surface area contributed by atoms with Gasteiger partial charge in [0, 0.05) is 44.2 Å². The van der Waals surface area contributed by atoms with Gasteiger partial charge >= 0.3 is 0 Å². The molecule has 1 amide bonds. The smallest absolute Gasteiger partial charge is 0.227 e. The molecule has 1 atom stereocenters. The first-order valence-electron chi connectivity index (χ1n) is 9.34. The van der Waals surface area contributed by atoms with Gasteiger partial charge in [-0.05, 0) is 35.9 Å². The highest BCUT2D eigenvalue weighted by molar-refractivity contribution is 7.10. The van der Waals surface area contributed by atoms with Crippen LogP contribution in [0.25, 0.3) is 11.2 Å². The third-order valence-corrected chi connectivity index (χ3v) is 5.99. The maximum Gasteiger partial charge on any atom is 0.227 e. The van der Waals surface area contributed by atoms with Crippen molar-refractivity contribution in [3.63, 3.8) is 0 Å². The molecule has 0 saturated carbocycles. The van der Waals surface area contributed by atoms with Gasteiger partial charge < -0.3 is 14.2 Å². The predicted molar refractivity (Wildman–Crippen MR) is 106 cm³/mol. The van der Waals surface area contributed by atoms with E-state index in [0.29, 0.717) is 18.9 Å². The number of pyridine rings is 1. The van der Waals surface area contributed by atoms with Crippen molar-refractivity contribution in [2.75, 3.05) is 26.8 Å². The molecule has 4 heterocycles. The molecule has 0 spiro atoms. The normalized spacial score (nSPS) is 17.1. The summed E-state index contributed by atoms with van der Waals surface area (Å²) in [5.74, 6) is 1.71. The van der Waals surface area contributed by atoms with Crippen molar-refractivity contribution < 1.29 is 9.53 Å². The summed E-state index contributed by atoms with van der Waals surface area (Å²) in [6.07, 6.45) is 4.21. The fraction of sp³-hybridized carbons (Fsp3) is 0.450. The second-order valence-electron chi connectivity index (χ2n) is 6.97. The monoisotopic (exact) mass is 384 g/mol. The van der Waals surface area contributed by atoms with Gasteiger partial charge in [-0.2, -0.15) is 0 Å². The molecule has 7 heteroatoms. The number of aromatic nitrogens is 3. The number of fused-ring (bicyclic) bond motifs is 1. The van der Waals surface area contributed by atoms with Crippen LogP contribution in [0.4, 0.5) is 0 Å². The number of carbonyl (C=O) groups is 1. The van der Waals surface area contributed by atoms with E-state index in [1.54, 1.807) is 24.6 Å².